The Morgan fingerprint density at radius 1 is 0.833 bits per heavy atom. The summed E-state index contributed by atoms with van der Waals surface area (Å²) in [7, 11) is 0. The maximum Gasteiger partial charge on any atom is 0.00313 e. The number of piperidine rings is 1. The van der Waals surface area contributed by atoms with Crippen molar-refractivity contribution < 1.29 is 0 Å². The predicted molar refractivity (Wildman–Crippen MR) is 85.5 cm³/mol. The van der Waals surface area contributed by atoms with E-state index in [0.29, 0.717) is 0 Å². The molecule has 108 valence electrons. The summed E-state index contributed by atoms with van der Waals surface area (Å²) in [6, 6.07) is 0. The number of rotatable bonds is 9. The highest BCUT2D eigenvalue weighted by Gasteiger charge is 2.20. The van der Waals surface area contributed by atoms with E-state index >= 15 is 0 Å². The molecule has 0 saturated carbocycles. The summed E-state index contributed by atoms with van der Waals surface area (Å²) in [6.07, 6.45) is 11.4. The van der Waals surface area contributed by atoms with Crippen molar-refractivity contribution in [3.63, 3.8) is 0 Å². The highest BCUT2D eigenvalue weighted by molar-refractivity contribution is 9.09. The van der Waals surface area contributed by atoms with Gasteiger partial charge in [0.05, 0.1) is 0 Å². The maximum absolute atomic E-state index is 3.49. The van der Waals surface area contributed by atoms with Gasteiger partial charge < -0.3 is 4.90 Å². The van der Waals surface area contributed by atoms with Crippen LogP contribution in [0.4, 0.5) is 0 Å². The van der Waals surface area contributed by atoms with E-state index in [2.05, 4.69) is 34.7 Å². The van der Waals surface area contributed by atoms with Crippen LogP contribution in [0.25, 0.3) is 0 Å². The molecule has 1 fully saturated rings. The number of hydrogen-bond donors (Lipinski definition) is 0. The van der Waals surface area contributed by atoms with E-state index in [0.717, 1.165) is 11.8 Å². The van der Waals surface area contributed by atoms with E-state index in [9.17, 15) is 0 Å². The van der Waals surface area contributed by atoms with Gasteiger partial charge in [-0.15, -0.1) is 0 Å². The summed E-state index contributed by atoms with van der Waals surface area (Å²) < 4.78 is 0. The molecule has 2 unspecified atom stereocenters. The standard InChI is InChI=1S/C16H32BrN/c1-15-12-16(2)14-18(13-15)11-9-7-5-3-4-6-8-10-17/h15-16H,3-14H2,1-2H3. The van der Waals surface area contributed by atoms with Crippen LogP contribution in [0.5, 0.6) is 0 Å². The highest BCUT2D eigenvalue weighted by atomic mass is 79.9. The molecule has 2 atom stereocenters. The average molecular weight is 318 g/mol. The fraction of sp³-hybridized carbons (Fsp3) is 1.00. The monoisotopic (exact) mass is 317 g/mol. The molecule has 1 saturated heterocycles. The van der Waals surface area contributed by atoms with Gasteiger partial charge >= 0.3 is 0 Å². The van der Waals surface area contributed by atoms with E-state index in [1.54, 1.807) is 0 Å². The third-order valence-corrected chi connectivity index (χ3v) is 4.61. The van der Waals surface area contributed by atoms with E-state index in [4.69, 9.17) is 0 Å². The summed E-state index contributed by atoms with van der Waals surface area (Å²) in [5.74, 6) is 1.83. The molecule has 1 aliphatic rings. The van der Waals surface area contributed by atoms with Crippen LogP contribution in [0, 0.1) is 11.8 Å². The van der Waals surface area contributed by atoms with E-state index in [1.165, 1.54) is 76.3 Å². The molecule has 1 nitrogen and oxygen atoms in total. The van der Waals surface area contributed by atoms with Gasteiger partial charge in [0.1, 0.15) is 0 Å². The summed E-state index contributed by atoms with van der Waals surface area (Å²) in [6.45, 7) is 8.85. The summed E-state index contributed by atoms with van der Waals surface area (Å²) in [5, 5.41) is 1.18. The van der Waals surface area contributed by atoms with Crippen molar-refractivity contribution in [1.29, 1.82) is 0 Å². The van der Waals surface area contributed by atoms with Crippen molar-refractivity contribution >= 4 is 15.9 Å². The number of likely N-dealkylation sites (tertiary alicyclic amines) is 1. The zero-order chi connectivity index (χ0) is 13.2. The molecule has 18 heavy (non-hydrogen) atoms. The molecule has 1 heterocycles. The van der Waals surface area contributed by atoms with E-state index in [-0.39, 0.29) is 0 Å². The fourth-order valence-electron chi connectivity index (χ4n) is 3.29. The lowest BCUT2D eigenvalue weighted by Crippen LogP contribution is -2.39. The summed E-state index contributed by atoms with van der Waals surface area (Å²) in [5.41, 5.74) is 0. The Hall–Kier alpha value is 0.440. The lowest BCUT2D eigenvalue weighted by Gasteiger charge is -2.34. The quantitative estimate of drug-likeness (QED) is 0.423. The molecule has 0 aromatic heterocycles. The van der Waals surface area contributed by atoms with E-state index < -0.39 is 0 Å². The van der Waals surface area contributed by atoms with Gasteiger partial charge in [0.2, 0.25) is 0 Å². The Bertz CT molecular complexity index is 186. The molecular formula is C16H32BrN. The third-order valence-electron chi connectivity index (χ3n) is 4.05. The zero-order valence-electron chi connectivity index (χ0n) is 12.5. The molecule has 0 aromatic carbocycles. The van der Waals surface area contributed by atoms with Gasteiger partial charge in [-0.1, -0.05) is 61.9 Å². The van der Waals surface area contributed by atoms with E-state index in [1.807, 2.05) is 0 Å². The third kappa shape index (κ3) is 7.78. The minimum atomic E-state index is 0.915. The molecule has 1 aliphatic heterocycles. The van der Waals surface area contributed by atoms with Crippen molar-refractivity contribution in [2.75, 3.05) is 25.0 Å². The fourth-order valence-corrected chi connectivity index (χ4v) is 3.68. The summed E-state index contributed by atoms with van der Waals surface area (Å²) >= 11 is 3.49. The van der Waals surface area contributed by atoms with Crippen LogP contribution in [-0.2, 0) is 0 Å². The van der Waals surface area contributed by atoms with Gasteiger partial charge in [-0.25, -0.2) is 0 Å². The van der Waals surface area contributed by atoms with Crippen LogP contribution in [0.3, 0.4) is 0 Å². The Morgan fingerprint density at radius 3 is 1.89 bits per heavy atom. The largest absolute Gasteiger partial charge is 0.303 e. The normalized spacial score (nSPS) is 25.5. The minimum absolute atomic E-state index is 0.915. The van der Waals surface area contributed by atoms with Crippen molar-refractivity contribution in [2.24, 2.45) is 11.8 Å². The highest BCUT2D eigenvalue weighted by Crippen LogP contribution is 2.21. The van der Waals surface area contributed by atoms with Gasteiger partial charge in [-0.2, -0.15) is 0 Å². The van der Waals surface area contributed by atoms with Crippen LogP contribution < -0.4 is 0 Å². The number of alkyl halides is 1. The molecule has 0 amide bonds. The Labute approximate surface area is 123 Å². The molecule has 0 aromatic rings. The molecule has 0 radical (unpaired) electrons. The first kappa shape index (κ1) is 16.5. The maximum atomic E-state index is 3.49. The first-order valence-corrected chi connectivity index (χ1v) is 9.13. The van der Waals surface area contributed by atoms with Gasteiger partial charge in [0.15, 0.2) is 0 Å². The van der Waals surface area contributed by atoms with Crippen LogP contribution in [0.2, 0.25) is 0 Å². The molecule has 0 spiro atoms. The Balaban J connectivity index is 1.91. The molecule has 0 aliphatic carbocycles. The molecule has 0 N–H and O–H groups in total. The van der Waals surface area contributed by atoms with Gasteiger partial charge in [-0.3, -0.25) is 0 Å². The minimum Gasteiger partial charge on any atom is -0.303 e. The zero-order valence-corrected chi connectivity index (χ0v) is 14.1. The smallest absolute Gasteiger partial charge is 0.00313 e. The van der Waals surface area contributed by atoms with Crippen LogP contribution >= 0.6 is 15.9 Å². The lowest BCUT2D eigenvalue weighted by atomic mass is 9.92. The molecule has 1 rings (SSSR count). The van der Waals surface area contributed by atoms with Crippen LogP contribution in [0.15, 0.2) is 0 Å². The number of hydrogen-bond acceptors (Lipinski definition) is 1. The number of nitrogens with zero attached hydrogens (tertiary/aromatic N) is 1. The van der Waals surface area contributed by atoms with Crippen molar-refractivity contribution in [2.45, 2.75) is 65.2 Å². The van der Waals surface area contributed by atoms with Crippen molar-refractivity contribution in [1.82, 2.24) is 4.90 Å². The number of halogens is 1. The second-order valence-electron chi connectivity index (χ2n) is 6.37. The number of unbranched alkanes of at least 4 members (excludes halogenated alkanes) is 6. The Morgan fingerprint density at radius 2 is 1.33 bits per heavy atom. The predicted octanol–water partition coefficient (Wildman–Crippen LogP) is 5.09. The second-order valence-corrected chi connectivity index (χ2v) is 7.16. The summed E-state index contributed by atoms with van der Waals surface area (Å²) in [4.78, 5) is 2.70. The van der Waals surface area contributed by atoms with Crippen LogP contribution in [-0.4, -0.2) is 29.9 Å². The molecular weight excluding hydrogens is 286 g/mol. The van der Waals surface area contributed by atoms with Crippen molar-refractivity contribution in [3.8, 4) is 0 Å². The first-order valence-electron chi connectivity index (χ1n) is 8.00. The molecule has 2 heteroatoms. The van der Waals surface area contributed by atoms with Crippen molar-refractivity contribution in [3.05, 3.63) is 0 Å². The lowest BCUT2D eigenvalue weighted by molar-refractivity contribution is 0.138. The average Bonchev–Trinajstić information content (AvgIpc) is 2.31. The topological polar surface area (TPSA) is 3.24 Å². The second kappa shape index (κ2) is 10.3. The van der Waals surface area contributed by atoms with Crippen LogP contribution in [0.1, 0.15) is 65.2 Å². The SMILES string of the molecule is CC1CC(C)CN(CCCCCCCCCBr)C1. The first-order chi connectivity index (χ1) is 8.72. The van der Waals surface area contributed by atoms with Gasteiger partial charge in [0.25, 0.3) is 0 Å². The molecule has 0 bridgehead atoms. The van der Waals surface area contributed by atoms with Gasteiger partial charge in [-0.05, 0) is 37.6 Å². The van der Waals surface area contributed by atoms with Gasteiger partial charge in [0, 0.05) is 18.4 Å². The Kier molecular flexibility index (Phi) is 9.40.